The molecule has 0 spiro atoms. The summed E-state index contributed by atoms with van der Waals surface area (Å²) in [4.78, 5) is 11.9. The quantitative estimate of drug-likeness (QED) is 0.834. The second-order valence-electron chi connectivity index (χ2n) is 5.43. The maximum atomic E-state index is 13.5. The van der Waals surface area contributed by atoms with E-state index in [0.29, 0.717) is 13.2 Å². The molecule has 124 valence electrons. The third-order valence-corrected chi connectivity index (χ3v) is 3.74. The highest BCUT2D eigenvalue weighted by molar-refractivity contribution is 5.85. The number of methoxy groups -OCH3 is 1. The van der Waals surface area contributed by atoms with Gasteiger partial charge in [-0.15, -0.1) is 12.4 Å². The molecule has 0 aromatic heterocycles. The van der Waals surface area contributed by atoms with Crippen molar-refractivity contribution in [3.8, 4) is 0 Å². The largest absolute Gasteiger partial charge is 0.383 e. The second-order valence-corrected chi connectivity index (χ2v) is 5.43. The summed E-state index contributed by atoms with van der Waals surface area (Å²) < 4.78 is 31.5. The number of halogens is 3. The number of hydrogen-bond donors (Lipinski definition) is 2. The first kappa shape index (κ1) is 18.8. The molecule has 1 amide bonds. The summed E-state index contributed by atoms with van der Waals surface area (Å²) in [6, 6.07) is 3.23. The van der Waals surface area contributed by atoms with Crippen molar-refractivity contribution in [2.75, 3.05) is 26.8 Å². The molecule has 2 N–H and O–H groups in total. The third-order valence-electron chi connectivity index (χ3n) is 3.74. The molecule has 1 aliphatic rings. The Bertz CT molecular complexity index is 508. The lowest BCUT2D eigenvalue weighted by Gasteiger charge is -2.29. The van der Waals surface area contributed by atoms with Crippen molar-refractivity contribution in [3.05, 3.63) is 35.4 Å². The van der Waals surface area contributed by atoms with E-state index in [1.54, 1.807) is 7.11 Å². The summed E-state index contributed by atoms with van der Waals surface area (Å²) >= 11 is 0. The zero-order chi connectivity index (χ0) is 15.3. The molecule has 1 fully saturated rings. The molecule has 1 aromatic carbocycles. The van der Waals surface area contributed by atoms with Gasteiger partial charge in [-0.2, -0.15) is 0 Å². The summed E-state index contributed by atoms with van der Waals surface area (Å²) in [6.07, 6.45) is 1.85. The van der Waals surface area contributed by atoms with Gasteiger partial charge in [0.25, 0.3) is 0 Å². The van der Waals surface area contributed by atoms with E-state index < -0.39 is 11.6 Å². The number of carbonyl (C=O) groups is 1. The van der Waals surface area contributed by atoms with Crippen LogP contribution in [-0.4, -0.2) is 38.3 Å². The van der Waals surface area contributed by atoms with E-state index in [1.165, 1.54) is 6.07 Å². The second kappa shape index (κ2) is 8.41. The Morgan fingerprint density at radius 1 is 1.45 bits per heavy atom. The van der Waals surface area contributed by atoms with Crippen LogP contribution in [0.2, 0.25) is 0 Å². The highest BCUT2D eigenvalue weighted by atomic mass is 35.5. The maximum Gasteiger partial charge on any atom is 0.224 e. The van der Waals surface area contributed by atoms with Crippen molar-refractivity contribution in [1.29, 1.82) is 0 Å². The average molecular weight is 335 g/mol. The fourth-order valence-electron chi connectivity index (χ4n) is 2.64. The van der Waals surface area contributed by atoms with Crippen LogP contribution < -0.4 is 10.6 Å². The minimum Gasteiger partial charge on any atom is -0.383 e. The van der Waals surface area contributed by atoms with Crippen LogP contribution in [0.1, 0.15) is 18.4 Å². The number of rotatable bonds is 6. The minimum atomic E-state index is -0.698. The molecule has 2 rings (SSSR count). The molecule has 22 heavy (non-hydrogen) atoms. The molecule has 0 aliphatic carbocycles. The SMILES string of the molecule is COCC1(CNC(=O)Cc2ccc(F)cc2F)CCCN1.Cl. The Labute approximate surface area is 135 Å². The highest BCUT2D eigenvalue weighted by Crippen LogP contribution is 2.19. The number of nitrogens with one attached hydrogen (secondary N) is 2. The van der Waals surface area contributed by atoms with Gasteiger partial charge in [0, 0.05) is 19.7 Å². The predicted molar refractivity (Wildman–Crippen MR) is 82.2 cm³/mol. The summed E-state index contributed by atoms with van der Waals surface area (Å²) in [6.45, 7) is 1.84. The number of amides is 1. The Kier molecular flexibility index (Phi) is 7.19. The molecule has 1 aromatic rings. The monoisotopic (exact) mass is 334 g/mol. The number of benzene rings is 1. The van der Waals surface area contributed by atoms with Crippen LogP contribution in [0, 0.1) is 11.6 Å². The van der Waals surface area contributed by atoms with E-state index in [4.69, 9.17) is 4.74 Å². The van der Waals surface area contributed by atoms with E-state index in [-0.39, 0.29) is 35.8 Å². The minimum absolute atomic E-state index is 0. The van der Waals surface area contributed by atoms with Crippen molar-refractivity contribution in [2.24, 2.45) is 0 Å². The number of ether oxygens (including phenoxy) is 1. The van der Waals surface area contributed by atoms with E-state index >= 15 is 0 Å². The van der Waals surface area contributed by atoms with Gasteiger partial charge in [-0.1, -0.05) is 6.07 Å². The van der Waals surface area contributed by atoms with Crippen LogP contribution >= 0.6 is 12.4 Å². The van der Waals surface area contributed by atoms with Gasteiger partial charge >= 0.3 is 0 Å². The molecule has 1 saturated heterocycles. The van der Waals surface area contributed by atoms with Gasteiger partial charge in [-0.25, -0.2) is 8.78 Å². The molecular formula is C15H21ClF2N2O2. The van der Waals surface area contributed by atoms with Crippen LogP contribution in [0.3, 0.4) is 0 Å². The third kappa shape index (κ3) is 4.90. The van der Waals surface area contributed by atoms with Gasteiger partial charge in [0.2, 0.25) is 5.91 Å². The van der Waals surface area contributed by atoms with E-state index in [2.05, 4.69) is 10.6 Å². The predicted octanol–water partition coefficient (Wildman–Crippen LogP) is 1.81. The van der Waals surface area contributed by atoms with E-state index in [9.17, 15) is 13.6 Å². The van der Waals surface area contributed by atoms with Crippen LogP contribution in [0.25, 0.3) is 0 Å². The normalized spacial score (nSPS) is 20.5. The topological polar surface area (TPSA) is 50.4 Å². The average Bonchev–Trinajstić information content (AvgIpc) is 2.89. The van der Waals surface area contributed by atoms with Crippen LogP contribution in [-0.2, 0) is 16.0 Å². The van der Waals surface area contributed by atoms with Crippen molar-refractivity contribution in [2.45, 2.75) is 24.8 Å². The van der Waals surface area contributed by atoms with Crippen LogP contribution in [0.15, 0.2) is 18.2 Å². The molecule has 1 atom stereocenters. The molecule has 7 heteroatoms. The molecule has 0 radical (unpaired) electrons. The number of carbonyl (C=O) groups excluding carboxylic acids is 1. The first-order valence-electron chi connectivity index (χ1n) is 6.99. The van der Waals surface area contributed by atoms with Crippen molar-refractivity contribution in [1.82, 2.24) is 10.6 Å². The van der Waals surface area contributed by atoms with Gasteiger partial charge in [-0.3, -0.25) is 4.79 Å². The molecular weight excluding hydrogens is 314 g/mol. The highest BCUT2D eigenvalue weighted by Gasteiger charge is 2.33. The summed E-state index contributed by atoms with van der Waals surface area (Å²) in [5, 5.41) is 6.14. The lowest BCUT2D eigenvalue weighted by atomic mass is 9.98. The van der Waals surface area contributed by atoms with Gasteiger partial charge in [-0.05, 0) is 31.0 Å². The summed E-state index contributed by atoms with van der Waals surface area (Å²) in [5.41, 5.74) is -0.0553. The lowest BCUT2D eigenvalue weighted by molar-refractivity contribution is -0.120. The van der Waals surface area contributed by atoms with Crippen LogP contribution in [0.5, 0.6) is 0 Å². The molecule has 0 saturated carbocycles. The van der Waals surface area contributed by atoms with Crippen LogP contribution in [0.4, 0.5) is 8.78 Å². The summed E-state index contributed by atoms with van der Waals surface area (Å²) in [5.74, 6) is -1.63. The van der Waals surface area contributed by atoms with E-state index in [0.717, 1.165) is 31.5 Å². The Balaban J connectivity index is 0.00000242. The fraction of sp³-hybridized carbons (Fsp3) is 0.533. The summed E-state index contributed by atoms with van der Waals surface area (Å²) in [7, 11) is 1.62. The van der Waals surface area contributed by atoms with E-state index in [1.807, 2.05) is 0 Å². The fourth-order valence-corrected chi connectivity index (χ4v) is 2.64. The Morgan fingerprint density at radius 2 is 2.23 bits per heavy atom. The van der Waals surface area contributed by atoms with Crippen molar-refractivity contribution < 1.29 is 18.3 Å². The van der Waals surface area contributed by atoms with Crippen molar-refractivity contribution in [3.63, 3.8) is 0 Å². The Hall–Kier alpha value is -1.24. The molecule has 4 nitrogen and oxygen atoms in total. The molecule has 0 bridgehead atoms. The maximum absolute atomic E-state index is 13.5. The van der Waals surface area contributed by atoms with Gasteiger partial charge < -0.3 is 15.4 Å². The Morgan fingerprint density at radius 3 is 2.82 bits per heavy atom. The standard InChI is InChI=1S/C15H20F2N2O2.ClH/c1-21-10-15(5-2-6-19-15)9-18-14(20)7-11-3-4-12(16)8-13(11)17;/h3-4,8,19H,2,5-7,9-10H2,1H3,(H,18,20);1H. The molecule has 1 aliphatic heterocycles. The zero-order valence-corrected chi connectivity index (χ0v) is 13.3. The number of hydrogen-bond acceptors (Lipinski definition) is 3. The lowest BCUT2D eigenvalue weighted by Crippen LogP contribution is -2.53. The zero-order valence-electron chi connectivity index (χ0n) is 12.5. The smallest absolute Gasteiger partial charge is 0.224 e. The van der Waals surface area contributed by atoms with Gasteiger partial charge in [0.1, 0.15) is 11.6 Å². The first-order valence-corrected chi connectivity index (χ1v) is 6.99. The first-order chi connectivity index (χ1) is 10.0. The van der Waals surface area contributed by atoms with Crippen molar-refractivity contribution >= 4 is 18.3 Å². The van der Waals surface area contributed by atoms with Gasteiger partial charge in [0.05, 0.1) is 18.6 Å². The molecule has 1 unspecified atom stereocenters. The van der Waals surface area contributed by atoms with Gasteiger partial charge in [0.15, 0.2) is 0 Å². The molecule has 1 heterocycles.